The number of carbonyl (C=O) groups excluding carboxylic acids is 4. The van der Waals surface area contributed by atoms with Crippen molar-refractivity contribution in [1.82, 2.24) is 0 Å². The van der Waals surface area contributed by atoms with Crippen LogP contribution < -0.4 is 0 Å². The number of halogens is 3. The van der Waals surface area contributed by atoms with Crippen LogP contribution in [0.4, 0.5) is 0 Å². The van der Waals surface area contributed by atoms with E-state index in [0.717, 1.165) is 0 Å². The van der Waals surface area contributed by atoms with Crippen LogP contribution in [-0.4, -0.2) is 195 Å². The lowest BCUT2D eigenvalue weighted by Crippen LogP contribution is -2.57. The smallest absolute Gasteiger partial charge is 0.373 e. The molecular formula is C53H88Cl3N7O21. The van der Waals surface area contributed by atoms with Crippen molar-refractivity contribution in [2.24, 2.45) is 69.4 Å². The number of azide groups is 2. The second-order valence-electron chi connectivity index (χ2n) is 22.8. The predicted molar refractivity (Wildman–Crippen MR) is 295 cm³/mol. The number of ether oxygens (including phenoxy) is 14. The molecule has 7 saturated heterocycles. The minimum absolute atomic E-state index is 0.0370. The topological polar surface area (TPSA) is 380 Å². The molecule has 0 bridgehead atoms. The number of hydrogen-bond acceptors (Lipinski definition) is 24. The zero-order valence-corrected chi connectivity index (χ0v) is 52.4. The van der Waals surface area contributed by atoms with E-state index < -0.39 is 58.9 Å². The average molecular weight is 1270 g/mol. The first kappa shape index (κ1) is 75.3. The van der Waals surface area contributed by atoms with Gasteiger partial charge in [0.15, 0.2) is 37.2 Å². The molecular weight excluding hydrogens is 1180 g/mol. The largest absolute Gasteiger partial charge is 0.448 e. The number of nitrogens with zero attached hydrogens (tertiary/aromatic N) is 6. The molecule has 0 aromatic carbocycles. The third-order valence-corrected chi connectivity index (χ3v) is 16.9. The van der Waals surface area contributed by atoms with Gasteiger partial charge in [-0.2, -0.15) is 19.2 Å². The maximum absolute atomic E-state index is 10.5. The van der Waals surface area contributed by atoms with E-state index in [1.54, 1.807) is 0 Å². The first-order valence-electron chi connectivity index (χ1n) is 28.1. The summed E-state index contributed by atoms with van der Waals surface area (Å²) in [7, 11) is 0. The van der Waals surface area contributed by atoms with Crippen molar-refractivity contribution < 1.29 is 101 Å². The summed E-state index contributed by atoms with van der Waals surface area (Å²) in [5.41, 5.74) is 16.5. The Morgan fingerprint density at radius 1 is 0.571 bits per heavy atom. The van der Waals surface area contributed by atoms with Crippen molar-refractivity contribution in [3.05, 3.63) is 20.9 Å². The molecule has 7 fully saturated rings. The van der Waals surface area contributed by atoms with Crippen LogP contribution in [0, 0.1) is 64.6 Å². The summed E-state index contributed by atoms with van der Waals surface area (Å²) >= 11 is 17.3. The summed E-state index contributed by atoms with van der Waals surface area (Å²) in [4.78, 5) is 37.9. The summed E-state index contributed by atoms with van der Waals surface area (Å²) in [5.74, 6) is -0.932. The lowest BCUT2D eigenvalue weighted by Gasteiger charge is -2.48. The Bertz CT molecular complexity index is 2150. The number of nitrogens with one attached hydrogen (secondary N) is 1. The quantitative estimate of drug-likeness (QED) is 0.0248. The molecule has 7 rings (SSSR count). The zero-order chi connectivity index (χ0) is 63.4. The standard InChI is InChI=1S/C23H41N3O8.C19H30Cl3NO6.C9H17N3O3.2CO2/c1-11-9-30-23(19(28)18(11)27)34-20-14(4)16(6)32-22(15(20)5)33-17-10-31-21(13(3)12(17)2)29-8-7-25-26-24;1-8-7-24-16(14-12(8)28-18(5,6)29-14)26-13-9(2)11(4)25-15(10(13)3)27-17(23)19(20,21)22;1-6-7(2)9(15-5-8(6)13)14-4-3-11-12-10;2*2-1-3/h11-23,27-28H,7-10H2,1-6H3;8-16,23H,7H2,1-6H3;6-9,13H,3-5H2,1-2H3;;/t11-,12-,13?,14-,15?,16?,17-,18+,19?,20+,21-,22+,23-;8-,9-,10?,11?,12+,13+,14?,15-,16-;6-,7?,8-,9-;;/m111../s1. The van der Waals surface area contributed by atoms with Crippen LogP contribution in [-0.2, 0) is 85.5 Å². The molecule has 28 nitrogen and oxygen atoms in total. The van der Waals surface area contributed by atoms with Crippen LogP contribution in [0.2, 0.25) is 0 Å². The zero-order valence-electron chi connectivity index (χ0n) is 50.2. The molecule has 0 amide bonds. The SMILES string of the molecule is CC1O[C@@H](O[C@@H]2CO[C@@H](OCCN=[N+]=[N-])C(C)[C@H]2C)C(C)[C@@H](O[C@H]2OC[C@@H](C)[C@H](O)C2O)[C@@H]1C.CC1O[C@H](OC(=N)C(Cl)(Cl)Cl)C(C)[C@@H](O[C@H]2OC[C@@H](C)[C@@H]3OC(C)(C)OC23)[C@@H]1C.CC1[C@H](OCCN=[N+]=[N-])OC[C@@H](O)[C@@H]1C.O=C=O.O=C=O. The Morgan fingerprint density at radius 3 is 1.54 bits per heavy atom. The van der Waals surface area contributed by atoms with Gasteiger partial charge in [-0.3, -0.25) is 5.41 Å². The minimum atomic E-state index is -1.96. The fraction of sp³-hybridized carbons (Fsp3) is 0.943. The summed E-state index contributed by atoms with van der Waals surface area (Å²) in [6.45, 7) is 30.4. The second-order valence-corrected chi connectivity index (χ2v) is 25.1. The normalized spacial score (nSPS) is 41.4. The van der Waals surface area contributed by atoms with Crippen LogP contribution in [0.1, 0.15) is 96.9 Å². The fourth-order valence-corrected chi connectivity index (χ4v) is 10.6. The summed E-state index contributed by atoms with van der Waals surface area (Å²) in [5, 5.41) is 45.0. The van der Waals surface area contributed by atoms with Gasteiger partial charge in [0.25, 0.3) is 3.79 Å². The van der Waals surface area contributed by atoms with Crippen LogP contribution in [0.25, 0.3) is 20.9 Å². The Morgan fingerprint density at radius 2 is 1.01 bits per heavy atom. The van der Waals surface area contributed by atoms with Gasteiger partial charge in [-0.15, -0.1) is 0 Å². The fourth-order valence-electron chi connectivity index (χ4n) is 10.5. The van der Waals surface area contributed by atoms with E-state index in [4.69, 9.17) is 137 Å². The molecule has 84 heavy (non-hydrogen) atoms. The molecule has 7 aliphatic heterocycles. The molecule has 0 aromatic heterocycles. The first-order chi connectivity index (χ1) is 39.4. The molecule has 31 heteroatoms. The van der Waals surface area contributed by atoms with Crippen LogP contribution in [0.5, 0.6) is 0 Å². The average Bonchev–Trinajstić information content (AvgIpc) is 2.28. The van der Waals surface area contributed by atoms with Crippen LogP contribution >= 0.6 is 34.8 Å². The number of fused-ring (bicyclic) bond motifs is 1. The molecule has 0 saturated carbocycles. The Hall–Kier alpha value is -2.92. The van der Waals surface area contributed by atoms with Crippen molar-refractivity contribution in [2.45, 2.75) is 205 Å². The number of aliphatic hydroxyl groups excluding tert-OH is 3. The van der Waals surface area contributed by atoms with E-state index in [9.17, 15) is 15.3 Å². The lowest BCUT2D eigenvalue weighted by atomic mass is 9.85. The van der Waals surface area contributed by atoms with E-state index in [0.29, 0.717) is 46.2 Å². The highest BCUT2D eigenvalue weighted by Crippen LogP contribution is 2.43. The number of hydrogen-bond donors (Lipinski definition) is 4. The third kappa shape index (κ3) is 21.7. The summed E-state index contributed by atoms with van der Waals surface area (Å²) < 4.78 is 81.0. The van der Waals surface area contributed by atoms with Gasteiger partial charge in [0.05, 0.1) is 88.5 Å². The molecule has 4 N–H and O–H groups in total. The van der Waals surface area contributed by atoms with Gasteiger partial charge in [-0.05, 0) is 50.6 Å². The van der Waals surface area contributed by atoms with Gasteiger partial charge in [0, 0.05) is 70.3 Å². The Kier molecular flexibility index (Phi) is 32.2. The van der Waals surface area contributed by atoms with E-state index in [1.807, 2.05) is 83.1 Å². The van der Waals surface area contributed by atoms with Gasteiger partial charge >= 0.3 is 12.3 Å². The molecule has 7 heterocycles. The monoisotopic (exact) mass is 1260 g/mol. The first-order valence-corrected chi connectivity index (χ1v) is 29.3. The van der Waals surface area contributed by atoms with Crippen molar-refractivity contribution in [3.8, 4) is 0 Å². The van der Waals surface area contributed by atoms with Crippen molar-refractivity contribution in [2.75, 3.05) is 52.7 Å². The van der Waals surface area contributed by atoms with Crippen molar-refractivity contribution >= 4 is 53.0 Å². The number of alkyl halides is 3. The van der Waals surface area contributed by atoms with E-state index >= 15 is 0 Å². The summed E-state index contributed by atoms with van der Waals surface area (Å²) in [6.07, 6.45) is -6.92. The molecule has 0 radical (unpaired) electrons. The highest BCUT2D eigenvalue weighted by atomic mass is 35.6. The summed E-state index contributed by atoms with van der Waals surface area (Å²) in [6, 6.07) is 0. The van der Waals surface area contributed by atoms with Crippen LogP contribution in [0.15, 0.2) is 10.2 Å². The highest BCUT2D eigenvalue weighted by Gasteiger charge is 2.54. The van der Waals surface area contributed by atoms with E-state index in [2.05, 4.69) is 33.9 Å². The van der Waals surface area contributed by atoms with Gasteiger partial charge in [-0.1, -0.05) is 114 Å². The number of aliphatic hydroxyl groups is 3. The molecule has 0 aliphatic carbocycles. The third-order valence-electron chi connectivity index (χ3n) is 16.4. The van der Waals surface area contributed by atoms with Gasteiger partial charge in [0.2, 0.25) is 12.2 Å². The highest BCUT2D eigenvalue weighted by molar-refractivity contribution is 6.76. The van der Waals surface area contributed by atoms with Gasteiger partial charge in [-0.25, -0.2) is 0 Å². The lowest BCUT2D eigenvalue weighted by molar-refractivity contribution is -0.338. The van der Waals surface area contributed by atoms with Gasteiger partial charge in [0.1, 0.15) is 12.2 Å². The molecule has 8 unspecified atom stereocenters. The molecule has 0 aromatic rings. The van der Waals surface area contributed by atoms with Gasteiger partial charge < -0.3 is 81.6 Å². The maximum Gasteiger partial charge on any atom is 0.373 e. The Balaban J connectivity index is 0.000000333. The van der Waals surface area contributed by atoms with Crippen LogP contribution in [0.3, 0.4) is 0 Å². The van der Waals surface area contributed by atoms with E-state index in [1.165, 1.54) is 0 Å². The minimum Gasteiger partial charge on any atom is -0.448 e. The molecule has 0 spiro atoms. The van der Waals surface area contributed by atoms with Crippen molar-refractivity contribution in [1.29, 1.82) is 5.41 Å². The maximum atomic E-state index is 10.5. The number of rotatable bonds is 15. The second kappa shape index (κ2) is 35.9. The molecule has 7 aliphatic rings. The van der Waals surface area contributed by atoms with E-state index in [-0.39, 0.29) is 133 Å². The van der Waals surface area contributed by atoms with Crippen molar-refractivity contribution in [3.63, 3.8) is 0 Å². The Labute approximate surface area is 505 Å². The predicted octanol–water partition coefficient (Wildman–Crippen LogP) is 6.84. The molecule has 26 atom stereocenters. The molecule has 482 valence electrons.